The summed E-state index contributed by atoms with van der Waals surface area (Å²) in [4.78, 5) is 66.7. The molecule has 1 N–H and O–H groups in total. The molecule has 1 amide bonds. The van der Waals surface area contributed by atoms with Crippen molar-refractivity contribution in [3.63, 3.8) is 0 Å². The van der Waals surface area contributed by atoms with E-state index in [0.29, 0.717) is 27.2 Å². The van der Waals surface area contributed by atoms with Crippen LogP contribution in [0.2, 0.25) is 0 Å². The van der Waals surface area contributed by atoms with Gasteiger partial charge < -0.3 is 29.0 Å². The number of aryl methyl sites for hydroxylation is 1. The van der Waals surface area contributed by atoms with Crippen molar-refractivity contribution in [2.45, 2.75) is 69.4 Å². The number of rotatable bonds is 9. The van der Waals surface area contributed by atoms with Gasteiger partial charge >= 0.3 is 23.9 Å². The van der Waals surface area contributed by atoms with E-state index >= 15 is 0 Å². The van der Waals surface area contributed by atoms with E-state index < -0.39 is 59.6 Å². The molecule has 4 rings (SSSR count). The number of carbonyl (C=O) groups is 5. The van der Waals surface area contributed by atoms with E-state index in [1.807, 2.05) is 18.2 Å². The van der Waals surface area contributed by atoms with Crippen molar-refractivity contribution in [2.75, 3.05) is 11.9 Å². The lowest BCUT2D eigenvalue weighted by molar-refractivity contribution is -0.237. The number of carbonyl (C=O) groups excluding carboxylic acids is 5. The van der Waals surface area contributed by atoms with Gasteiger partial charge in [0.05, 0.1) is 16.8 Å². The average molecular weight is 625 g/mol. The van der Waals surface area contributed by atoms with Crippen molar-refractivity contribution in [2.24, 2.45) is 0 Å². The number of pyridine rings is 1. The Hall–Kier alpha value is -4.49. The molecule has 0 radical (unpaired) electrons. The number of hydrogen-bond donors (Lipinski definition) is 1. The number of fused-ring (bicyclic) bond motifs is 1. The van der Waals surface area contributed by atoms with Gasteiger partial charge in [0.1, 0.15) is 18.1 Å². The number of ether oxygens (including phenoxy) is 5. The molecule has 1 aromatic heterocycles. The third kappa shape index (κ3) is 7.91. The van der Waals surface area contributed by atoms with Crippen LogP contribution in [0.5, 0.6) is 0 Å². The van der Waals surface area contributed by atoms with Crippen molar-refractivity contribution >= 4 is 58.1 Å². The summed E-state index contributed by atoms with van der Waals surface area (Å²) >= 11 is 1.04. The largest absolute Gasteiger partial charge is 0.463 e. The molecule has 12 nitrogen and oxygen atoms in total. The van der Waals surface area contributed by atoms with E-state index in [9.17, 15) is 24.0 Å². The predicted molar refractivity (Wildman–Crippen MR) is 159 cm³/mol. The van der Waals surface area contributed by atoms with Crippen molar-refractivity contribution in [3.8, 4) is 0 Å². The van der Waals surface area contributed by atoms with Gasteiger partial charge in [-0.3, -0.25) is 29.0 Å². The number of esters is 4. The van der Waals surface area contributed by atoms with E-state index in [1.165, 1.54) is 13.8 Å². The van der Waals surface area contributed by atoms with Gasteiger partial charge in [-0.15, -0.1) is 0 Å². The molecule has 44 heavy (non-hydrogen) atoms. The highest BCUT2D eigenvalue weighted by atomic mass is 32.2. The zero-order chi connectivity index (χ0) is 32.0. The van der Waals surface area contributed by atoms with Crippen LogP contribution in [0.15, 0.2) is 59.6 Å². The Morgan fingerprint density at radius 1 is 0.818 bits per heavy atom. The molecule has 0 saturated carbocycles. The molecule has 13 heteroatoms. The molecule has 1 aliphatic heterocycles. The quantitative estimate of drug-likeness (QED) is 0.270. The Morgan fingerprint density at radius 2 is 1.45 bits per heavy atom. The maximum Gasteiger partial charge on any atom is 0.303 e. The van der Waals surface area contributed by atoms with Gasteiger partial charge in [0.25, 0.3) is 5.91 Å². The molecule has 0 spiro atoms. The lowest BCUT2D eigenvalue weighted by atomic mass is 9.99. The maximum absolute atomic E-state index is 13.8. The Morgan fingerprint density at radius 3 is 2.14 bits per heavy atom. The van der Waals surface area contributed by atoms with Gasteiger partial charge in [0.2, 0.25) is 0 Å². The van der Waals surface area contributed by atoms with Crippen molar-refractivity contribution < 1.29 is 47.7 Å². The summed E-state index contributed by atoms with van der Waals surface area (Å²) in [6.07, 6.45) is -3.36. The summed E-state index contributed by atoms with van der Waals surface area (Å²) in [6.45, 7) is 6.09. The minimum Gasteiger partial charge on any atom is -0.463 e. The van der Waals surface area contributed by atoms with Crippen molar-refractivity contribution in [1.82, 2.24) is 4.98 Å². The summed E-state index contributed by atoms with van der Waals surface area (Å²) in [6, 6.07) is 14.4. The molecule has 0 unspecified atom stereocenters. The SMILES string of the molecule is CC(=O)OC[C@H]1O[C@@H](Sc2cccc(C)c2C(=O)Nc2cccc3cccnc23)[C@H](OC(C)=O)[C@@H](OC(C)=O)[C@H]1OC(C)=O. The molecule has 1 aliphatic rings. The fourth-order valence-electron chi connectivity index (χ4n) is 4.83. The van der Waals surface area contributed by atoms with Gasteiger partial charge in [-0.25, -0.2) is 0 Å². The topological polar surface area (TPSA) is 156 Å². The minimum absolute atomic E-state index is 0.318. The first kappa shape index (κ1) is 32.4. The van der Waals surface area contributed by atoms with E-state index in [1.54, 1.807) is 43.5 Å². The van der Waals surface area contributed by atoms with Crippen LogP contribution in [-0.4, -0.2) is 71.2 Å². The van der Waals surface area contributed by atoms with Gasteiger partial charge in [-0.05, 0) is 30.7 Å². The monoisotopic (exact) mass is 624 g/mol. The van der Waals surface area contributed by atoms with Gasteiger partial charge in [0, 0.05) is 44.2 Å². The normalized spacial score (nSPS) is 21.2. The Bertz CT molecular complexity index is 1570. The van der Waals surface area contributed by atoms with Crippen LogP contribution in [0, 0.1) is 6.92 Å². The molecule has 232 valence electrons. The van der Waals surface area contributed by atoms with E-state index in [2.05, 4.69) is 10.3 Å². The summed E-state index contributed by atoms with van der Waals surface area (Å²) in [5.74, 6) is -3.22. The number of anilines is 1. The van der Waals surface area contributed by atoms with Crippen LogP contribution in [0.3, 0.4) is 0 Å². The molecule has 2 aromatic carbocycles. The molecular formula is C31H32N2O10S. The standard InChI is InChI=1S/C31H32N2O10S/c1-16-9-6-13-24(25(16)30(38)33-22-12-7-10-21-11-8-14-32-26(21)22)44-31-29(42-20(5)37)28(41-19(4)36)27(40-18(3)35)23(43-31)15-39-17(2)34/h6-14,23,27-29,31H,15H2,1-5H3,(H,33,38)/t23-,27+,28+,29-,31+/m1/s1. The molecule has 1 fully saturated rings. The van der Waals surface area contributed by atoms with Gasteiger partial charge in [0.15, 0.2) is 18.3 Å². The number of para-hydroxylation sites is 1. The van der Waals surface area contributed by atoms with E-state index in [-0.39, 0.29) is 6.61 Å². The first-order chi connectivity index (χ1) is 20.9. The number of nitrogens with zero attached hydrogens (tertiary/aromatic N) is 1. The van der Waals surface area contributed by atoms with E-state index in [0.717, 1.165) is 31.0 Å². The Labute approximate surface area is 257 Å². The highest BCUT2D eigenvalue weighted by Gasteiger charge is 2.52. The van der Waals surface area contributed by atoms with E-state index in [4.69, 9.17) is 23.7 Å². The van der Waals surface area contributed by atoms with Crippen LogP contribution in [-0.2, 0) is 42.9 Å². The zero-order valence-corrected chi connectivity index (χ0v) is 25.5. The first-order valence-corrected chi connectivity index (χ1v) is 14.5. The van der Waals surface area contributed by atoms with Crippen molar-refractivity contribution in [3.05, 3.63) is 65.9 Å². The smallest absolute Gasteiger partial charge is 0.303 e. The number of hydrogen-bond acceptors (Lipinski definition) is 12. The van der Waals surface area contributed by atoms with Crippen LogP contribution in [0.4, 0.5) is 5.69 Å². The maximum atomic E-state index is 13.8. The van der Waals surface area contributed by atoms with Crippen LogP contribution < -0.4 is 5.32 Å². The second-order valence-corrected chi connectivity index (χ2v) is 11.1. The summed E-state index contributed by atoms with van der Waals surface area (Å²) in [5.41, 5.74) is 0.998. The lowest BCUT2D eigenvalue weighted by Gasteiger charge is -2.44. The minimum atomic E-state index is -1.32. The second-order valence-electron chi connectivity index (χ2n) is 9.97. The van der Waals surface area contributed by atoms with Gasteiger partial charge in [-0.2, -0.15) is 0 Å². The molecule has 0 bridgehead atoms. The highest BCUT2D eigenvalue weighted by molar-refractivity contribution is 8.00. The second kappa shape index (κ2) is 14.3. The number of amides is 1. The summed E-state index contributed by atoms with van der Waals surface area (Å²) in [7, 11) is 0. The van der Waals surface area contributed by atoms with Crippen LogP contribution in [0.1, 0.15) is 43.6 Å². The first-order valence-electron chi connectivity index (χ1n) is 13.7. The predicted octanol–water partition coefficient (Wildman–Crippen LogP) is 3.97. The highest BCUT2D eigenvalue weighted by Crippen LogP contribution is 2.39. The molecule has 2 heterocycles. The summed E-state index contributed by atoms with van der Waals surface area (Å²) in [5, 5.41) is 3.79. The lowest BCUT2D eigenvalue weighted by Crippen LogP contribution is -2.61. The number of thioether (sulfide) groups is 1. The molecular weight excluding hydrogens is 592 g/mol. The third-order valence-electron chi connectivity index (χ3n) is 6.53. The molecule has 0 aliphatic carbocycles. The van der Waals surface area contributed by atoms with Crippen LogP contribution >= 0.6 is 11.8 Å². The average Bonchev–Trinajstić information content (AvgIpc) is 2.94. The van der Waals surface area contributed by atoms with Crippen molar-refractivity contribution in [1.29, 1.82) is 0 Å². The fourth-order valence-corrected chi connectivity index (χ4v) is 6.15. The Balaban J connectivity index is 1.73. The molecule has 5 atom stereocenters. The van der Waals surface area contributed by atoms with Gasteiger partial charge in [-0.1, -0.05) is 42.1 Å². The summed E-state index contributed by atoms with van der Waals surface area (Å²) < 4.78 is 27.9. The number of aromatic nitrogens is 1. The number of nitrogens with one attached hydrogen (secondary N) is 1. The molecule has 3 aromatic rings. The zero-order valence-electron chi connectivity index (χ0n) is 24.7. The fraction of sp³-hybridized carbons (Fsp3) is 0.355. The van der Waals surface area contributed by atoms with Crippen LogP contribution in [0.25, 0.3) is 10.9 Å². The number of benzene rings is 2. The third-order valence-corrected chi connectivity index (χ3v) is 7.74. The molecule has 1 saturated heterocycles. The Kier molecular flexibility index (Phi) is 10.6.